The molecule has 116 valence electrons. The molecule has 20 heavy (non-hydrogen) atoms. The molecule has 0 saturated carbocycles. The van der Waals surface area contributed by atoms with Crippen LogP contribution in [0.4, 0.5) is 0 Å². The summed E-state index contributed by atoms with van der Waals surface area (Å²) in [6.07, 6.45) is 2.59. The van der Waals surface area contributed by atoms with E-state index in [0.29, 0.717) is 6.04 Å². The first-order valence-electron chi connectivity index (χ1n) is 7.27. The lowest BCUT2D eigenvalue weighted by Gasteiger charge is -2.35. The summed E-state index contributed by atoms with van der Waals surface area (Å²) < 4.78 is 0. The Labute approximate surface area is 136 Å². The Balaban J connectivity index is 0.00000180. The standard InChI is InChI=1S/C16H26N2.2ClH/c1-14(2)8-9-16(15-6-4-3-5-7-15)18-12-10-17-11-13-18;;/h3-7,14,16-17H,8-13H2,1-2H3;2*1H/t16-;;/m1../s1. The van der Waals surface area contributed by atoms with Crippen molar-refractivity contribution in [3.05, 3.63) is 35.9 Å². The van der Waals surface area contributed by atoms with Crippen LogP contribution >= 0.6 is 24.8 Å². The van der Waals surface area contributed by atoms with E-state index in [2.05, 4.69) is 54.4 Å². The Morgan fingerprint density at radius 2 is 1.60 bits per heavy atom. The lowest BCUT2D eigenvalue weighted by atomic mass is 9.96. The van der Waals surface area contributed by atoms with Gasteiger partial charge in [-0.2, -0.15) is 0 Å². The van der Waals surface area contributed by atoms with E-state index in [-0.39, 0.29) is 24.8 Å². The van der Waals surface area contributed by atoms with E-state index in [4.69, 9.17) is 0 Å². The summed E-state index contributed by atoms with van der Waals surface area (Å²) in [6.45, 7) is 9.25. The topological polar surface area (TPSA) is 15.3 Å². The maximum absolute atomic E-state index is 3.44. The Morgan fingerprint density at radius 1 is 1.00 bits per heavy atom. The minimum atomic E-state index is 0. The van der Waals surface area contributed by atoms with Gasteiger partial charge < -0.3 is 5.32 Å². The molecule has 1 heterocycles. The van der Waals surface area contributed by atoms with Gasteiger partial charge in [0.25, 0.3) is 0 Å². The zero-order valence-electron chi connectivity index (χ0n) is 12.5. The van der Waals surface area contributed by atoms with Crippen molar-refractivity contribution in [3.8, 4) is 0 Å². The highest BCUT2D eigenvalue weighted by atomic mass is 35.5. The summed E-state index contributed by atoms with van der Waals surface area (Å²) in [5, 5.41) is 3.44. The molecule has 2 nitrogen and oxygen atoms in total. The molecule has 0 aliphatic carbocycles. The first-order chi connectivity index (χ1) is 8.77. The molecule has 4 heteroatoms. The number of benzene rings is 1. The molecule has 1 aromatic carbocycles. The number of halogens is 2. The van der Waals surface area contributed by atoms with Crippen molar-refractivity contribution >= 4 is 24.8 Å². The summed E-state index contributed by atoms with van der Waals surface area (Å²) in [4.78, 5) is 2.65. The molecular formula is C16H28Cl2N2. The van der Waals surface area contributed by atoms with Gasteiger partial charge in [0, 0.05) is 32.2 Å². The molecule has 1 atom stereocenters. The third kappa shape index (κ3) is 6.01. The van der Waals surface area contributed by atoms with E-state index in [1.54, 1.807) is 0 Å². The second-order valence-corrected chi connectivity index (χ2v) is 5.68. The van der Waals surface area contributed by atoms with Gasteiger partial charge in [-0.3, -0.25) is 4.90 Å². The molecule has 0 spiro atoms. The van der Waals surface area contributed by atoms with Crippen LogP contribution in [-0.2, 0) is 0 Å². The number of hydrogen-bond acceptors (Lipinski definition) is 2. The predicted octanol–water partition coefficient (Wildman–Crippen LogP) is 3.91. The average molecular weight is 319 g/mol. The number of nitrogens with one attached hydrogen (secondary N) is 1. The molecule has 1 aliphatic heterocycles. The lowest BCUT2D eigenvalue weighted by Crippen LogP contribution is -2.45. The summed E-state index contributed by atoms with van der Waals surface area (Å²) >= 11 is 0. The van der Waals surface area contributed by atoms with Crippen molar-refractivity contribution in [3.63, 3.8) is 0 Å². The van der Waals surface area contributed by atoms with Crippen LogP contribution in [0.5, 0.6) is 0 Å². The van der Waals surface area contributed by atoms with Gasteiger partial charge in [0.1, 0.15) is 0 Å². The van der Waals surface area contributed by atoms with E-state index in [1.807, 2.05) is 0 Å². The largest absolute Gasteiger partial charge is 0.314 e. The van der Waals surface area contributed by atoms with Crippen molar-refractivity contribution in [2.45, 2.75) is 32.7 Å². The van der Waals surface area contributed by atoms with Gasteiger partial charge >= 0.3 is 0 Å². The van der Waals surface area contributed by atoms with Gasteiger partial charge in [-0.25, -0.2) is 0 Å². The van der Waals surface area contributed by atoms with Crippen molar-refractivity contribution < 1.29 is 0 Å². The van der Waals surface area contributed by atoms with E-state index in [1.165, 1.54) is 31.5 Å². The van der Waals surface area contributed by atoms with Gasteiger partial charge in [0.2, 0.25) is 0 Å². The Bertz CT molecular complexity index is 338. The van der Waals surface area contributed by atoms with E-state index >= 15 is 0 Å². The van der Waals surface area contributed by atoms with Crippen LogP contribution in [0, 0.1) is 5.92 Å². The van der Waals surface area contributed by atoms with Gasteiger partial charge in [-0.1, -0.05) is 44.2 Å². The lowest BCUT2D eigenvalue weighted by molar-refractivity contribution is 0.160. The first kappa shape index (κ1) is 19.7. The maximum Gasteiger partial charge on any atom is 0.0349 e. The molecule has 1 fully saturated rings. The second kappa shape index (κ2) is 10.4. The molecule has 1 N–H and O–H groups in total. The van der Waals surface area contributed by atoms with E-state index in [0.717, 1.165) is 19.0 Å². The van der Waals surface area contributed by atoms with Gasteiger partial charge in [-0.15, -0.1) is 24.8 Å². The van der Waals surface area contributed by atoms with Crippen molar-refractivity contribution in [1.29, 1.82) is 0 Å². The highest BCUT2D eigenvalue weighted by molar-refractivity contribution is 5.85. The molecule has 0 amide bonds. The Morgan fingerprint density at radius 3 is 2.15 bits per heavy atom. The molecule has 1 saturated heterocycles. The van der Waals surface area contributed by atoms with Crippen molar-refractivity contribution in [2.24, 2.45) is 5.92 Å². The molecule has 0 aromatic heterocycles. The highest BCUT2D eigenvalue weighted by Crippen LogP contribution is 2.27. The number of rotatable bonds is 5. The third-order valence-electron chi connectivity index (χ3n) is 3.79. The fraction of sp³-hybridized carbons (Fsp3) is 0.625. The van der Waals surface area contributed by atoms with Crippen LogP contribution in [0.3, 0.4) is 0 Å². The van der Waals surface area contributed by atoms with Crippen LogP contribution in [0.1, 0.15) is 38.3 Å². The normalized spacial score (nSPS) is 17.1. The minimum Gasteiger partial charge on any atom is -0.314 e. The number of nitrogens with zero attached hydrogens (tertiary/aromatic N) is 1. The predicted molar refractivity (Wildman–Crippen MR) is 92.2 cm³/mol. The summed E-state index contributed by atoms with van der Waals surface area (Å²) in [5.74, 6) is 0.791. The van der Waals surface area contributed by atoms with Crippen LogP contribution in [0.2, 0.25) is 0 Å². The second-order valence-electron chi connectivity index (χ2n) is 5.68. The third-order valence-corrected chi connectivity index (χ3v) is 3.79. The monoisotopic (exact) mass is 318 g/mol. The summed E-state index contributed by atoms with van der Waals surface area (Å²) in [7, 11) is 0. The average Bonchev–Trinajstić information content (AvgIpc) is 2.41. The summed E-state index contributed by atoms with van der Waals surface area (Å²) in [6, 6.07) is 11.6. The van der Waals surface area contributed by atoms with E-state index < -0.39 is 0 Å². The number of piperazine rings is 1. The highest BCUT2D eigenvalue weighted by Gasteiger charge is 2.21. The zero-order valence-corrected chi connectivity index (χ0v) is 14.2. The minimum absolute atomic E-state index is 0. The van der Waals surface area contributed by atoms with Crippen LogP contribution in [0.25, 0.3) is 0 Å². The quantitative estimate of drug-likeness (QED) is 0.885. The van der Waals surface area contributed by atoms with Crippen LogP contribution in [0.15, 0.2) is 30.3 Å². The first-order valence-corrected chi connectivity index (χ1v) is 7.27. The Kier molecular flexibility index (Phi) is 10.3. The smallest absolute Gasteiger partial charge is 0.0349 e. The van der Waals surface area contributed by atoms with Gasteiger partial charge in [0.05, 0.1) is 0 Å². The molecule has 0 radical (unpaired) electrons. The van der Waals surface area contributed by atoms with Gasteiger partial charge in [-0.05, 0) is 24.3 Å². The molecule has 2 rings (SSSR count). The van der Waals surface area contributed by atoms with Crippen LogP contribution in [-0.4, -0.2) is 31.1 Å². The van der Waals surface area contributed by atoms with Crippen molar-refractivity contribution in [2.75, 3.05) is 26.2 Å². The van der Waals surface area contributed by atoms with Crippen molar-refractivity contribution in [1.82, 2.24) is 10.2 Å². The molecule has 1 aliphatic rings. The zero-order chi connectivity index (χ0) is 12.8. The number of hydrogen-bond donors (Lipinski definition) is 1. The SMILES string of the molecule is CC(C)CC[C@H](c1ccccc1)N1CCNCC1.Cl.Cl. The Hall–Kier alpha value is -0.280. The molecular weight excluding hydrogens is 291 g/mol. The van der Waals surface area contributed by atoms with E-state index in [9.17, 15) is 0 Å². The molecule has 1 aromatic rings. The fourth-order valence-electron chi connectivity index (χ4n) is 2.72. The van der Waals surface area contributed by atoms with Crippen LogP contribution < -0.4 is 5.32 Å². The molecule has 0 bridgehead atoms. The van der Waals surface area contributed by atoms with Gasteiger partial charge in [0.15, 0.2) is 0 Å². The fourth-order valence-corrected chi connectivity index (χ4v) is 2.72. The summed E-state index contributed by atoms with van der Waals surface area (Å²) in [5.41, 5.74) is 1.49. The maximum atomic E-state index is 3.44. The molecule has 0 unspecified atom stereocenters.